The summed E-state index contributed by atoms with van der Waals surface area (Å²) in [6.45, 7) is 2.33. The zero-order chi connectivity index (χ0) is 45.2. The number of ether oxygens (including phenoxy) is 9. The third-order valence-electron chi connectivity index (χ3n) is 11.2. The van der Waals surface area contributed by atoms with E-state index in [4.69, 9.17) is 42.6 Å². The van der Waals surface area contributed by atoms with Crippen molar-refractivity contribution in [3.63, 3.8) is 0 Å². The number of benzene rings is 5. The van der Waals surface area contributed by atoms with Crippen LogP contribution < -0.4 is 5.32 Å². The van der Waals surface area contributed by atoms with Crippen LogP contribution in [0.2, 0.25) is 0 Å². The maximum atomic E-state index is 16.7. The Balaban J connectivity index is 1.24. The standard InChI is InChI=1S/C52H58FNO11/c1-36-45(64-44(56)29-28-43(55)54-2)47(58-31-38-20-10-4-11-21-38)50(61-34-41-26-16-7-17-27-41)52(62-36)65-46-42(35-57-30-37-18-8-3-9-19-37)63-51(53)49(60-33-40-24-14-6-15-25-40)48(46)59-32-39-22-12-5-13-23-39/h3-27,36,42,45-52H,28-35H2,1-2H3,(H,54,55)/t36?,42-,45+,46-,47-,48?,49?,50?,51+,52?/m1/s1. The fourth-order valence-corrected chi connectivity index (χ4v) is 7.78. The average molecular weight is 892 g/mol. The molecule has 344 valence electrons. The van der Waals surface area contributed by atoms with Gasteiger partial charge in [-0.15, -0.1) is 0 Å². The molecule has 2 saturated heterocycles. The first-order valence-corrected chi connectivity index (χ1v) is 22.1. The number of alkyl halides is 1. The molecule has 1 amide bonds. The van der Waals surface area contributed by atoms with Crippen molar-refractivity contribution in [3.05, 3.63) is 179 Å². The molecule has 0 aliphatic carbocycles. The molecular formula is C52H58FNO11. The van der Waals surface area contributed by atoms with Gasteiger partial charge in [-0.05, 0) is 34.7 Å². The van der Waals surface area contributed by atoms with Crippen LogP contribution in [0.3, 0.4) is 0 Å². The van der Waals surface area contributed by atoms with Gasteiger partial charge in [-0.3, -0.25) is 9.59 Å². The van der Waals surface area contributed by atoms with Gasteiger partial charge in [0.05, 0.1) is 52.2 Å². The smallest absolute Gasteiger partial charge is 0.306 e. The van der Waals surface area contributed by atoms with Gasteiger partial charge in [0.1, 0.15) is 36.6 Å². The highest BCUT2D eigenvalue weighted by Gasteiger charge is 2.54. The Hall–Kier alpha value is -5.35. The minimum atomic E-state index is -1.93. The van der Waals surface area contributed by atoms with Crippen molar-refractivity contribution in [1.82, 2.24) is 5.32 Å². The summed E-state index contributed by atoms with van der Waals surface area (Å²) < 4.78 is 75.4. The molecule has 2 fully saturated rings. The van der Waals surface area contributed by atoms with Crippen molar-refractivity contribution in [2.75, 3.05) is 13.7 Å². The van der Waals surface area contributed by atoms with Crippen molar-refractivity contribution >= 4 is 11.9 Å². The molecule has 12 nitrogen and oxygen atoms in total. The van der Waals surface area contributed by atoms with E-state index in [0.29, 0.717) is 0 Å². The Kier molecular flexibility index (Phi) is 18.2. The van der Waals surface area contributed by atoms with E-state index in [1.54, 1.807) is 6.92 Å². The number of nitrogens with one attached hydrogen (secondary N) is 1. The molecule has 0 saturated carbocycles. The van der Waals surface area contributed by atoms with E-state index < -0.39 is 67.4 Å². The average Bonchev–Trinajstić information content (AvgIpc) is 3.34. The largest absolute Gasteiger partial charge is 0.457 e. The lowest BCUT2D eigenvalue weighted by Crippen LogP contribution is -2.65. The van der Waals surface area contributed by atoms with Crippen LogP contribution in [0.4, 0.5) is 4.39 Å². The molecular weight excluding hydrogens is 834 g/mol. The van der Waals surface area contributed by atoms with Gasteiger partial charge in [0.15, 0.2) is 12.4 Å². The van der Waals surface area contributed by atoms with E-state index in [0.717, 1.165) is 27.8 Å². The van der Waals surface area contributed by atoms with Crippen LogP contribution in [0.25, 0.3) is 0 Å². The van der Waals surface area contributed by atoms with Gasteiger partial charge in [-0.2, -0.15) is 0 Å². The lowest BCUT2D eigenvalue weighted by atomic mass is 9.96. The van der Waals surface area contributed by atoms with Crippen molar-refractivity contribution in [2.24, 2.45) is 0 Å². The van der Waals surface area contributed by atoms with Crippen LogP contribution in [-0.2, 0) is 85.3 Å². The molecule has 5 aromatic carbocycles. The predicted molar refractivity (Wildman–Crippen MR) is 238 cm³/mol. The summed E-state index contributed by atoms with van der Waals surface area (Å²) in [6.07, 6.45) is -11.6. The predicted octanol–water partition coefficient (Wildman–Crippen LogP) is 7.81. The topological polar surface area (TPSA) is 129 Å². The van der Waals surface area contributed by atoms with E-state index in [-0.39, 0.29) is 58.4 Å². The van der Waals surface area contributed by atoms with Crippen LogP contribution in [0.1, 0.15) is 47.6 Å². The Labute approximate surface area is 380 Å². The first-order valence-electron chi connectivity index (χ1n) is 22.1. The van der Waals surface area contributed by atoms with Crippen molar-refractivity contribution in [1.29, 1.82) is 0 Å². The molecule has 2 aliphatic heterocycles. The molecule has 0 spiro atoms. The van der Waals surface area contributed by atoms with Gasteiger partial charge in [0.2, 0.25) is 12.3 Å². The maximum absolute atomic E-state index is 16.7. The van der Waals surface area contributed by atoms with Crippen LogP contribution in [0.5, 0.6) is 0 Å². The van der Waals surface area contributed by atoms with Gasteiger partial charge in [-0.1, -0.05) is 152 Å². The number of rotatable bonds is 22. The Morgan fingerprint density at radius 2 is 0.938 bits per heavy atom. The third-order valence-corrected chi connectivity index (χ3v) is 11.2. The normalized spacial score (nSPS) is 25.4. The summed E-state index contributed by atoms with van der Waals surface area (Å²) in [5, 5.41) is 2.54. The second-order valence-corrected chi connectivity index (χ2v) is 16.0. The van der Waals surface area contributed by atoms with Crippen molar-refractivity contribution in [3.8, 4) is 0 Å². The van der Waals surface area contributed by atoms with Crippen LogP contribution in [0, 0.1) is 0 Å². The van der Waals surface area contributed by atoms with Crippen molar-refractivity contribution in [2.45, 2.75) is 114 Å². The van der Waals surface area contributed by atoms with E-state index in [2.05, 4.69) is 5.32 Å². The minimum Gasteiger partial charge on any atom is -0.457 e. The van der Waals surface area contributed by atoms with Crippen molar-refractivity contribution < 1.29 is 56.6 Å². The number of carbonyl (C=O) groups excluding carboxylic acids is 2. The van der Waals surface area contributed by atoms with E-state index >= 15 is 4.39 Å². The van der Waals surface area contributed by atoms with E-state index in [9.17, 15) is 9.59 Å². The molecule has 13 heteroatoms. The molecule has 0 aromatic heterocycles. The lowest BCUT2D eigenvalue weighted by Gasteiger charge is -2.49. The Bertz CT molecular complexity index is 2140. The number of hydrogen-bond donors (Lipinski definition) is 1. The summed E-state index contributed by atoms with van der Waals surface area (Å²) in [6, 6.07) is 47.8. The summed E-state index contributed by atoms with van der Waals surface area (Å²) in [7, 11) is 1.51. The van der Waals surface area contributed by atoms with Crippen LogP contribution in [0.15, 0.2) is 152 Å². The first kappa shape index (κ1) is 47.6. The van der Waals surface area contributed by atoms with Gasteiger partial charge in [0.25, 0.3) is 0 Å². The number of hydrogen-bond acceptors (Lipinski definition) is 11. The van der Waals surface area contributed by atoms with Crippen LogP contribution in [-0.4, -0.2) is 87.0 Å². The summed E-state index contributed by atoms with van der Waals surface area (Å²) >= 11 is 0. The molecule has 0 bridgehead atoms. The fraction of sp³-hybridized carbons (Fsp3) is 0.385. The first-order chi connectivity index (χ1) is 31.8. The monoisotopic (exact) mass is 891 g/mol. The Morgan fingerprint density at radius 1 is 0.523 bits per heavy atom. The molecule has 2 heterocycles. The molecule has 5 unspecified atom stereocenters. The van der Waals surface area contributed by atoms with E-state index in [1.165, 1.54) is 7.05 Å². The fourth-order valence-electron chi connectivity index (χ4n) is 7.78. The Morgan fingerprint density at radius 3 is 1.40 bits per heavy atom. The van der Waals surface area contributed by atoms with E-state index in [1.807, 2.05) is 152 Å². The third kappa shape index (κ3) is 14.1. The summed E-state index contributed by atoms with van der Waals surface area (Å²) in [5.74, 6) is -0.909. The van der Waals surface area contributed by atoms with Gasteiger partial charge in [0, 0.05) is 13.5 Å². The summed E-state index contributed by atoms with van der Waals surface area (Å²) in [4.78, 5) is 25.5. The minimum absolute atomic E-state index is 0.0602. The molecule has 10 atom stereocenters. The molecule has 2 aliphatic rings. The molecule has 0 radical (unpaired) electrons. The number of amides is 1. The highest BCUT2D eigenvalue weighted by molar-refractivity contribution is 5.81. The molecule has 65 heavy (non-hydrogen) atoms. The molecule has 5 aromatic rings. The number of esters is 1. The highest BCUT2D eigenvalue weighted by Crippen LogP contribution is 2.36. The second kappa shape index (κ2) is 24.8. The molecule has 7 rings (SSSR count). The van der Waals surface area contributed by atoms with Gasteiger partial charge in [-0.25, -0.2) is 4.39 Å². The summed E-state index contributed by atoms with van der Waals surface area (Å²) in [5.41, 5.74) is 4.34. The maximum Gasteiger partial charge on any atom is 0.306 e. The lowest BCUT2D eigenvalue weighted by molar-refractivity contribution is -0.362. The van der Waals surface area contributed by atoms with Crippen LogP contribution >= 0.6 is 0 Å². The zero-order valence-electron chi connectivity index (χ0n) is 36.7. The highest BCUT2D eigenvalue weighted by atomic mass is 19.1. The quantitative estimate of drug-likeness (QED) is 0.0684. The number of halogens is 1. The second-order valence-electron chi connectivity index (χ2n) is 16.0. The molecule has 1 N–H and O–H groups in total. The SMILES string of the molecule is CNC(=O)CCC(=O)O[C@H]1C(C)OC(O[C@H]2C(OCc3ccccc3)C(OCc3ccccc3)[C@@H](F)O[C@@H]2COCc2ccccc2)C(OCc2ccccc2)[C@@H]1OCc1ccccc1. The van der Waals surface area contributed by atoms with Gasteiger partial charge < -0.3 is 47.9 Å². The van der Waals surface area contributed by atoms with Gasteiger partial charge >= 0.3 is 5.97 Å². The number of carbonyl (C=O) groups is 2. The zero-order valence-corrected chi connectivity index (χ0v) is 36.7.